The van der Waals surface area contributed by atoms with Crippen LogP contribution < -0.4 is 5.73 Å². The van der Waals surface area contributed by atoms with E-state index in [4.69, 9.17) is 22.1 Å². The van der Waals surface area contributed by atoms with Crippen LogP contribution in [0.2, 0.25) is 5.02 Å². The van der Waals surface area contributed by atoms with Gasteiger partial charge in [-0.15, -0.1) is 0 Å². The van der Waals surface area contributed by atoms with Gasteiger partial charge in [0.15, 0.2) is 6.61 Å². The molecular weight excluding hydrogens is 304 g/mol. The van der Waals surface area contributed by atoms with Crippen LogP contribution in [-0.2, 0) is 9.53 Å². The molecule has 0 aliphatic carbocycles. The number of nitrogens with two attached hydrogens (primary N) is 1. The van der Waals surface area contributed by atoms with E-state index < -0.39 is 5.97 Å². The summed E-state index contributed by atoms with van der Waals surface area (Å²) < 4.78 is 5.08. The van der Waals surface area contributed by atoms with Crippen molar-refractivity contribution in [2.75, 3.05) is 25.4 Å². The molecule has 1 aliphatic rings. The number of rotatable bonds is 3. The number of anilines is 1. The van der Waals surface area contributed by atoms with Crippen molar-refractivity contribution >= 4 is 29.2 Å². The first-order chi connectivity index (χ1) is 10.4. The van der Waals surface area contributed by atoms with E-state index in [0.717, 1.165) is 6.42 Å². The van der Waals surface area contributed by atoms with E-state index >= 15 is 0 Å². The highest BCUT2D eigenvalue weighted by atomic mass is 35.5. The number of benzene rings is 1. The second-order valence-electron chi connectivity index (χ2n) is 6.05. The minimum absolute atomic E-state index is 0.167. The molecule has 2 rings (SSSR count). The van der Waals surface area contributed by atoms with Gasteiger partial charge in [0.25, 0.3) is 5.91 Å². The zero-order chi connectivity index (χ0) is 16.3. The van der Waals surface area contributed by atoms with Crippen LogP contribution in [0.4, 0.5) is 5.69 Å². The van der Waals surface area contributed by atoms with Crippen LogP contribution in [-0.4, -0.2) is 36.5 Å². The lowest BCUT2D eigenvalue weighted by molar-refractivity contribution is -0.137. The number of carbonyl (C=O) groups is 2. The van der Waals surface area contributed by atoms with Gasteiger partial charge in [-0.3, -0.25) is 4.79 Å². The van der Waals surface area contributed by atoms with Crippen LogP contribution in [0.15, 0.2) is 18.2 Å². The summed E-state index contributed by atoms with van der Waals surface area (Å²) in [6.07, 6.45) is 1.12. The smallest absolute Gasteiger partial charge is 0.340 e. The lowest BCUT2D eigenvalue weighted by atomic mass is 9.92. The van der Waals surface area contributed by atoms with Crippen molar-refractivity contribution in [3.63, 3.8) is 0 Å². The molecule has 120 valence electrons. The van der Waals surface area contributed by atoms with Crippen molar-refractivity contribution in [2.24, 2.45) is 11.8 Å². The zero-order valence-corrected chi connectivity index (χ0v) is 13.6. The Labute approximate surface area is 135 Å². The molecule has 22 heavy (non-hydrogen) atoms. The number of hydrogen-bond acceptors (Lipinski definition) is 4. The minimum Gasteiger partial charge on any atom is -0.452 e. The molecule has 1 aromatic rings. The molecule has 0 aromatic heterocycles. The molecule has 1 aliphatic heterocycles. The van der Waals surface area contributed by atoms with E-state index in [1.54, 1.807) is 11.0 Å². The molecule has 0 unspecified atom stereocenters. The third-order valence-corrected chi connectivity index (χ3v) is 4.02. The molecule has 0 spiro atoms. The standard InChI is InChI=1S/C16H21ClN2O3/c1-10-5-11(2)8-19(7-10)15(20)9-22-16(21)13-4-3-12(17)6-14(13)18/h3-4,6,10-11H,5,7-9,18H2,1-2H3/t10-,11-/m0/s1. The van der Waals surface area contributed by atoms with Crippen molar-refractivity contribution in [1.82, 2.24) is 4.90 Å². The van der Waals surface area contributed by atoms with Crippen LogP contribution in [0.3, 0.4) is 0 Å². The maximum Gasteiger partial charge on any atom is 0.340 e. The zero-order valence-electron chi connectivity index (χ0n) is 12.8. The lowest BCUT2D eigenvalue weighted by Gasteiger charge is -2.34. The molecule has 1 saturated heterocycles. The number of likely N-dealkylation sites (tertiary alicyclic amines) is 1. The van der Waals surface area contributed by atoms with E-state index in [0.29, 0.717) is 29.9 Å². The summed E-state index contributed by atoms with van der Waals surface area (Å²) in [4.78, 5) is 25.9. The second-order valence-corrected chi connectivity index (χ2v) is 6.49. The predicted octanol–water partition coefficient (Wildman–Crippen LogP) is 2.58. The van der Waals surface area contributed by atoms with Crippen LogP contribution in [0, 0.1) is 11.8 Å². The number of nitrogens with zero attached hydrogens (tertiary/aromatic N) is 1. The predicted molar refractivity (Wildman–Crippen MR) is 85.7 cm³/mol. The normalized spacial score (nSPS) is 21.5. The molecule has 6 heteroatoms. The van der Waals surface area contributed by atoms with Crippen molar-refractivity contribution in [1.29, 1.82) is 0 Å². The fourth-order valence-electron chi connectivity index (χ4n) is 2.88. The van der Waals surface area contributed by atoms with Crippen molar-refractivity contribution in [3.8, 4) is 0 Å². The Hall–Kier alpha value is -1.75. The Kier molecular flexibility index (Phi) is 5.29. The van der Waals surface area contributed by atoms with Gasteiger partial charge >= 0.3 is 5.97 Å². The van der Waals surface area contributed by atoms with Gasteiger partial charge in [-0.05, 0) is 36.5 Å². The third-order valence-electron chi connectivity index (χ3n) is 3.78. The molecule has 1 amide bonds. The van der Waals surface area contributed by atoms with Gasteiger partial charge in [-0.25, -0.2) is 4.79 Å². The molecule has 2 atom stereocenters. The second kappa shape index (κ2) is 7.01. The molecule has 0 saturated carbocycles. The van der Waals surface area contributed by atoms with E-state index in [1.165, 1.54) is 12.1 Å². The largest absolute Gasteiger partial charge is 0.452 e. The fourth-order valence-corrected chi connectivity index (χ4v) is 3.06. The summed E-state index contributed by atoms with van der Waals surface area (Å²) >= 11 is 5.79. The van der Waals surface area contributed by atoms with Crippen molar-refractivity contribution < 1.29 is 14.3 Å². The first-order valence-corrected chi connectivity index (χ1v) is 7.74. The molecule has 0 bridgehead atoms. The van der Waals surface area contributed by atoms with Gasteiger partial charge in [0.05, 0.1) is 5.56 Å². The minimum atomic E-state index is -0.611. The highest BCUT2D eigenvalue weighted by molar-refractivity contribution is 6.31. The Morgan fingerprint density at radius 2 is 1.95 bits per heavy atom. The van der Waals surface area contributed by atoms with Gasteiger partial charge in [-0.2, -0.15) is 0 Å². The van der Waals surface area contributed by atoms with Gasteiger partial charge in [0.2, 0.25) is 0 Å². The summed E-state index contributed by atoms with van der Waals surface area (Å²) in [5, 5.41) is 0.446. The van der Waals surface area contributed by atoms with E-state index in [9.17, 15) is 9.59 Å². The number of nitrogen functional groups attached to an aromatic ring is 1. The molecule has 1 heterocycles. The Balaban J connectivity index is 1.91. The first-order valence-electron chi connectivity index (χ1n) is 7.36. The highest BCUT2D eigenvalue weighted by Crippen LogP contribution is 2.21. The molecule has 1 fully saturated rings. The van der Waals surface area contributed by atoms with Gasteiger partial charge in [0.1, 0.15) is 0 Å². The number of piperidine rings is 1. The topological polar surface area (TPSA) is 72.6 Å². The monoisotopic (exact) mass is 324 g/mol. The summed E-state index contributed by atoms with van der Waals surface area (Å²) in [5.74, 6) is 0.158. The molecule has 2 N–H and O–H groups in total. The maximum atomic E-state index is 12.2. The SMILES string of the molecule is C[C@H]1C[C@H](C)CN(C(=O)COC(=O)c2ccc(Cl)cc2N)C1. The number of hydrogen-bond donors (Lipinski definition) is 1. The maximum absolute atomic E-state index is 12.2. The average molecular weight is 325 g/mol. The third kappa shape index (κ3) is 4.13. The number of ether oxygens (including phenoxy) is 1. The Morgan fingerprint density at radius 1 is 1.32 bits per heavy atom. The van der Waals surface area contributed by atoms with Crippen LogP contribution in [0.5, 0.6) is 0 Å². The molecule has 5 nitrogen and oxygen atoms in total. The van der Waals surface area contributed by atoms with E-state index in [1.807, 2.05) is 0 Å². The number of halogens is 1. The van der Waals surface area contributed by atoms with Crippen molar-refractivity contribution in [3.05, 3.63) is 28.8 Å². The van der Waals surface area contributed by atoms with Gasteiger partial charge < -0.3 is 15.4 Å². The summed E-state index contributed by atoms with van der Waals surface area (Å²) in [7, 11) is 0. The first kappa shape index (κ1) is 16.6. The number of carbonyl (C=O) groups excluding carboxylic acids is 2. The van der Waals surface area contributed by atoms with Gasteiger partial charge in [0, 0.05) is 23.8 Å². The molecule has 0 radical (unpaired) electrons. The Bertz CT molecular complexity index is 567. The summed E-state index contributed by atoms with van der Waals surface area (Å²) in [6, 6.07) is 4.54. The molecular formula is C16H21ClN2O3. The fraction of sp³-hybridized carbons (Fsp3) is 0.500. The van der Waals surface area contributed by atoms with Gasteiger partial charge in [-0.1, -0.05) is 25.4 Å². The quantitative estimate of drug-likeness (QED) is 0.685. The summed E-state index contributed by atoms with van der Waals surface area (Å²) in [6.45, 7) is 5.40. The molecule has 1 aromatic carbocycles. The highest BCUT2D eigenvalue weighted by Gasteiger charge is 2.26. The summed E-state index contributed by atoms with van der Waals surface area (Å²) in [5.41, 5.74) is 6.19. The van der Waals surface area contributed by atoms with E-state index in [2.05, 4.69) is 13.8 Å². The van der Waals surface area contributed by atoms with E-state index in [-0.39, 0.29) is 23.8 Å². The van der Waals surface area contributed by atoms with Crippen LogP contribution >= 0.6 is 11.6 Å². The Morgan fingerprint density at radius 3 is 2.55 bits per heavy atom. The van der Waals surface area contributed by atoms with Crippen LogP contribution in [0.1, 0.15) is 30.6 Å². The van der Waals surface area contributed by atoms with Crippen LogP contribution in [0.25, 0.3) is 0 Å². The van der Waals surface area contributed by atoms with Crippen molar-refractivity contribution in [2.45, 2.75) is 20.3 Å². The number of amides is 1. The lowest BCUT2D eigenvalue weighted by Crippen LogP contribution is -2.44. The average Bonchev–Trinajstić information content (AvgIpc) is 2.43. The number of esters is 1.